The van der Waals surface area contributed by atoms with Gasteiger partial charge in [-0.3, -0.25) is 0 Å². The Balaban J connectivity index is 2.44. The number of rotatable bonds is 6. The zero-order chi connectivity index (χ0) is 16.8. The summed E-state index contributed by atoms with van der Waals surface area (Å²) in [6.07, 6.45) is 0.351. The van der Waals surface area contributed by atoms with Crippen molar-refractivity contribution in [1.82, 2.24) is 0 Å². The van der Waals surface area contributed by atoms with E-state index in [0.717, 1.165) is 9.80 Å². The third kappa shape index (κ3) is 4.20. The van der Waals surface area contributed by atoms with Crippen molar-refractivity contribution < 1.29 is 14.3 Å². The highest BCUT2D eigenvalue weighted by Gasteiger charge is 2.33. The molecule has 0 fully saturated rings. The van der Waals surface area contributed by atoms with E-state index in [1.165, 1.54) is 17.3 Å². The summed E-state index contributed by atoms with van der Waals surface area (Å²) in [6, 6.07) is 8.18. The van der Waals surface area contributed by atoms with Crippen molar-refractivity contribution in [2.24, 2.45) is 0 Å². The number of hydrogen-bond donors (Lipinski definition) is 0. The standard InChI is InChI=1S/C17H19ClN2O2S/c1-4-21-14-10-13(20-19)16(22-5-2)15(18)17(14)23-12-8-6-11(3)7-9-12/h6-9H,4-5,10H2,1-3H3. The fourth-order valence-corrected chi connectivity index (χ4v) is 3.47. The molecule has 0 aromatic heterocycles. The maximum atomic E-state index is 9.23. The average molecular weight is 351 g/mol. The molecule has 23 heavy (non-hydrogen) atoms. The molecule has 0 heterocycles. The average Bonchev–Trinajstić information content (AvgIpc) is 2.55. The van der Waals surface area contributed by atoms with Gasteiger partial charge in [0.2, 0.25) is 5.76 Å². The maximum absolute atomic E-state index is 9.23. The summed E-state index contributed by atoms with van der Waals surface area (Å²) < 4.78 is 11.3. The van der Waals surface area contributed by atoms with Gasteiger partial charge in [0, 0.05) is 4.90 Å². The molecule has 0 aliphatic heterocycles. The van der Waals surface area contributed by atoms with E-state index in [1.807, 2.05) is 45.0 Å². The smallest absolute Gasteiger partial charge is 0.342 e. The number of halogens is 1. The first kappa shape index (κ1) is 17.7. The van der Waals surface area contributed by atoms with Crippen molar-refractivity contribution in [3.63, 3.8) is 0 Å². The Morgan fingerprint density at radius 2 is 1.83 bits per heavy atom. The largest absolute Gasteiger partial charge is 0.496 e. The van der Waals surface area contributed by atoms with Crippen molar-refractivity contribution in [2.75, 3.05) is 13.2 Å². The van der Waals surface area contributed by atoms with E-state index in [-0.39, 0.29) is 0 Å². The first-order chi connectivity index (χ1) is 11.1. The van der Waals surface area contributed by atoms with Gasteiger partial charge in [-0.25, -0.2) is 0 Å². The first-order valence-corrected chi connectivity index (χ1v) is 8.64. The number of allylic oxidation sites excluding steroid dienone is 3. The van der Waals surface area contributed by atoms with Crippen LogP contribution in [0.25, 0.3) is 5.53 Å². The fraction of sp³-hybridized carbons (Fsp3) is 0.353. The van der Waals surface area contributed by atoms with Crippen molar-refractivity contribution in [3.05, 3.63) is 56.8 Å². The predicted octanol–water partition coefficient (Wildman–Crippen LogP) is 4.90. The quantitative estimate of drug-likeness (QED) is 0.541. The van der Waals surface area contributed by atoms with Gasteiger partial charge in [-0.05, 0) is 32.9 Å². The molecule has 1 aromatic rings. The molecule has 2 rings (SSSR count). The third-order valence-electron chi connectivity index (χ3n) is 3.21. The summed E-state index contributed by atoms with van der Waals surface area (Å²) in [5.41, 5.74) is 10.8. The molecule has 1 aromatic carbocycles. The highest BCUT2D eigenvalue weighted by molar-refractivity contribution is 8.03. The van der Waals surface area contributed by atoms with E-state index in [1.54, 1.807) is 0 Å². The van der Waals surface area contributed by atoms with Crippen LogP contribution in [-0.2, 0) is 9.47 Å². The molecule has 0 N–H and O–H groups in total. The van der Waals surface area contributed by atoms with E-state index in [2.05, 4.69) is 4.79 Å². The molecule has 0 amide bonds. The monoisotopic (exact) mass is 350 g/mol. The van der Waals surface area contributed by atoms with Crippen LogP contribution < -0.4 is 0 Å². The van der Waals surface area contributed by atoms with Crippen molar-refractivity contribution in [2.45, 2.75) is 32.1 Å². The van der Waals surface area contributed by atoms with Crippen LogP contribution in [0.2, 0.25) is 0 Å². The van der Waals surface area contributed by atoms with E-state index in [9.17, 15) is 5.53 Å². The van der Waals surface area contributed by atoms with Crippen LogP contribution in [0.5, 0.6) is 0 Å². The Labute approximate surface area is 145 Å². The van der Waals surface area contributed by atoms with Crippen LogP contribution in [-0.4, -0.2) is 23.7 Å². The molecule has 1 aliphatic rings. The molecule has 0 saturated heterocycles. The van der Waals surface area contributed by atoms with Gasteiger partial charge in [-0.2, -0.15) is 4.79 Å². The van der Waals surface area contributed by atoms with Crippen molar-refractivity contribution in [1.29, 1.82) is 0 Å². The summed E-state index contributed by atoms with van der Waals surface area (Å²) in [4.78, 5) is 5.17. The Kier molecular flexibility index (Phi) is 6.34. The molecule has 0 atom stereocenters. The van der Waals surface area contributed by atoms with Gasteiger partial charge in [0.05, 0.1) is 18.1 Å². The number of ether oxygens (including phenoxy) is 2. The first-order valence-electron chi connectivity index (χ1n) is 7.45. The summed E-state index contributed by atoms with van der Waals surface area (Å²) >= 11 is 8.04. The lowest BCUT2D eigenvalue weighted by Gasteiger charge is -2.20. The van der Waals surface area contributed by atoms with Crippen LogP contribution >= 0.6 is 23.4 Å². The Bertz CT molecular complexity index is 689. The summed E-state index contributed by atoms with van der Waals surface area (Å²) in [5.74, 6) is 1.11. The van der Waals surface area contributed by atoms with Crippen LogP contribution in [0.4, 0.5) is 0 Å². The number of aryl methyl sites for hydroxylation is 1. The summed E-state index contributed by atoms with van der Waals surface area (Å²) in [6.45, 7) is 6.77. The van der Waals surface area contributed by atoms with Crippen LogP contribution in [0, 0.1) is 6.92 Å². The van der Waals surface area contributed by atoms with E-state index < -0.39 is 0 Å². The lowest BCUT2D eigenvalue weighted by Crippen LogP contribution is -2.18. The molecule has 4 nitrogen and oxygen atoms in total. The predicted molar refractivity (Wildman–Crippen MR) is 93.4 cm³/mol. The molecule has 0 spiro atoms. The van der Waals surface area contributed by atoms with E-state index in [0.29, 0.717) is 41.9 Å². The van der Waals surface area contributed by atoms with Crippen molar-refractivity contribution >= 4 is 29.1 Å². The van der Waals surface area contributed by atoms with Gasteiger partial charge in [-0.15, -0.1) is 0 Å². The number of thioether (sulfide) groups is 1. The third-order valence-corrected chi connectivity index (χ3v) is 4.83. The topological polar surface area (TPSA) is 54.9 Å². The molecular weight excluding hydrogens is 332 g/mol. The summed E-state index contributed by atoms with van der Waals surface area (Å²) in [7, 11) is 0. The normalized spacial score (nSPS) is 14.9. The molecular formula is C17H19ClN2O2S. The molecule has 0 radical (unpaired) electrons. The second kappa shape index (κ2) is 8.25. The second-order valence-corrected chi connectivity index (χ2v) is 6.36. The number of hydrogen-bond acceptors (Lipinski definition) is 3. The Morgan fingerprint density at radius 1 is 1.17 bits per heavy atom. The summed E-state index contributed by atoms with van der Waals surface area (Å²) in [5, 5.41) is 0.417. The number of nitrogens with zero attached hydrogens (tertiary/aromatic N) is 2. The molecule has 6 heteroatoms. The maximum Gasteiger partial charge on any atom is 0.342 e. The van der Waals surface area contributed by atoms with Gasteiger partial charge in [-0.1, -0.05) is 41.1 Å². The van der Waals surface area contributed by atoms with Crippen molar-refractivity contribution in [3.8, 4) is 0 Å². The fourth-order valence-electron chi connectivity index (χ4n) is 2.15. The Hall–Kier alpha value is -1.68. The van der Waals surface area contributed by atoms with Gasteiger partial charge in [0.15, 0.2) is 0 Å². The highest BCUT2D eigenvalue weighted by atomic mass is 35.5. The lowest BCUT2D eigenvalue weighted by molar-refractivity contribution is -0.0135. The highest BCUT2D eigenvalue weighted by Crippen LogP contribution is 2.42. The zero-order valence-electron chi connectivity index (χ0n) is 13.4. The van der Waals surface area contributed by atoms with Gasteiger partial charge in [0.1, 0.15) is 17.2 Å². The minimum atomic E-state index is 0.351. The van der Waals surface area contributed by atoms with E-state index >= 15 is 0 Å². The molecule has 1 aliphatic carbocycles. The molecule has 0 saturated carbocycles. The molecule has 0 unspecified atom stereocenters. The van der Waals surface area contributed by atoms with Crippen LogP contribution in [0.1, 0.15) is 25.8 Å². The Morgan fingerprint density at radius 3 is 2.39 bits per heavy atom. The zero-order valence-corrected chi connectivity index (χ0v) is 15.0. The van der Waals surface area contributed by atoms with E-state index in [4.69, 9.17) is 21.1 Å². The number of benzene rings is 1. The SMILES string of the molecule is CCOC1=C(Sc2ccc(C)cc2)C(Cl)=C(OCC)C(=[N+]=[N-])C1. The van der Waals surface area contributed by atoms with Gasteiger partial charge >= 0.3 is 5.71 Å². The minimum Gasteiger partial charge on any atom is -0.496 e. The second-order valence-electron chi connectivity index (χ2n) is 4.90. The van der Waals surface area contributed by atoms with Gasteiger partial charge in [0.25, 0.3) is 0 Å². The van der Waals surface area contributed by atoms with Crippen LogP contribution in [0.15, 0.2) is 50.6 Å². The molecule has 122 valence electrons. The minimum absolute atomic E-state index is 0.351. The lowest BCUT2D eigenvalue weighted by atomic mass is 10.1. The molecule has 0 bridgehead atoms. The van der Waals surface area contributed by atoms with Gasteiger partial charge < -0.3 is 15.0 Å². The van der Waals surface area contributed by atoms with Crippen LogP contribution in [0.3, 0.4) is 0 Å².